The second-order valence-corrected chi connectivity index (χ2v) is 8.69. The van der Waals surface area contributed by atoms with E-state index in [0.717, 1.165) is 15.2 Å². The highest BCUT2D eigenvalue weighted by molar-refractivity contribution is 9.10. The van der Waals surface area contributed by atoms with E-state index in [4.69, 9.17) is 14.2 Å². The fraction of sp³-hybridized carbons (Fsp3) is 0.107. The molecule has 1 amide bonds. The van der Waals surface area contributed by atoms with Gasteiger partial charge >= 0.3 is 5.97 Å². The Morgan fingerprint density at radius 1 is 0.944 bits per heavy atom. The maximum atomic E-state index is 12.6. The molecule has 1 N–H and O–H groups in total. The number of halogens is 1. The lowest BCUT2D eigenvalue weighted by molar-refractivity contribution is -0.127. The number of ether oxygens (including phenoxy) is 3. The molecule has 4 aromatic rings. The van der Waals surface area contributed by atoms with Gasteiger partial charge in [0.1, 0.15) is 17.2 Å². The second kappa shape index (κ2) is 11.5. The third kappa shape index (κ3) is 6.09. The average molecular weight is 547 g/mol. The highest BCUT2D eigenvalue weighted by Gasteiger charge is 2.16. The Morgan fingerprint density at radius 2 is 1.69 bits per heavy atom. The van der Waals surface area contributed by atoms with Crippen LogP contribution in [0.3, 0.4) is 0 Å². The molecular weight excluding hydrogens is 524 g/mol. The number of hydrazone groups is 1. The Kier molecular flexibility index (Phi) is 7.97. The van der Waals surface area contributed by atoms with E-state index in [9.17, 15) is 9.59 Å². The lowest BCUT2D eigenvalue weighted by Gasteiger charge is -2.14. The fourth-order valence-corrected chi connectivity index (χ4v) is 3.78. The van der Waals surface area contributed by atoms with Gasteiger partial charge < -0.3 is 14.2 Å². The smallest absolute Gasteiger partial charge is 0.343 e. The zero-order valence-electron chi connectivity index (χ0n) is 19.6. The van der Waals surface area contributed by atoms with Crippen LogP contribution in [0.25, 0.3) is 10.8 Å². The number of rotatable bonds is 8. The monoisotopic (exact) mass is 546 g/mol. The molecule has 36 heavy (non-hydrogen) atoms. The van der Waals surface area contributed by atoms with Gasteiger partial charge in [-0.15, -0.1) is 0 Å². The first-order valence-corrected chi connectivity index (χ1v) is 11.9. The quantitative estimate of drug-likeness (QED) is 0.132. The van der Waals surface area contributed by atoms with Crippen molar-refractivity contribution < 1.29 is 23.8 Å². The number of fused-ring (bicyclic) bond motifs is 1. The molecule has 4 rings (SSSR count). The molecule has 0 radical (unpaired) electrons. The minimum absolute atomic E-state index is 0.289. The van der Waals surface area contributed by atoms with Crippen LogP contribution >= 0.6 is 15.9 Å². The highest BCUT2D eigenvalue weighted by atomic mass is 79.9. The molecule has 0 aromatic heterocycles. The van der Waals surface area contributed by atoms with Crippen molar-refractivity contribution in [3.8, 4) is 17.2 Å². The number of nitrogens with one attached hydrogen (secondary N) is 1. The molecule has 0 aliphatic carbocycles. The Morgan fingerprint density at radius 3 is 2.47 bits per heavy atom. The molecule has 0 saturated carbocycles. The normalized spacial score (nSPS) is 11.8. The summed E-state index contributed by atoms with van der Waals surface area (Å²) < 4.78 is 17.3. The molecule has 7 nitrogen and oxygen atoms in total. The molecule has 4 aromatic carbocycles. The molecule has 182 valence electrons. The summed E-state index contributed by atoms with van der Waals surface area (Å²) in [4.78, 5) is 25.2. The summed E-state index contributed by atoms with van der Waals surface area (Å²) >= 11 is 3.40. The first kappa shape index (κ1) is 24.9. The second-order valence-electron chi connectivity index (χ2n) is 7.77. The molecule has 0 unspecified atom stereocenters. The number of amides is 1. The number of carbonyl (C=O) groups excluding carboxylic acids is 2. The van der Waals surface area contributed by atoms with E-state index < -0.39 is 18.0 Å². The Labute approximate surface area is 216 Å². The van der Waals surface area contributed by atoms with E-state index in [1.807, 2.05) is 42.5 Å². The molecule has 8 heteroatoms. The summed E-state index contributed by atoms with van der Waals surface area (Å²) in [6.07, 6.45) is 0.618. The number of esters is 1. The van der Waals surface area contributed by atoms with Crippen LogP contribution in [-0.2, 0) is 4.79 Å². The predicted octanol–water partition coefficient (Wildman–Crippen LogP) is 5.75. The van der Waals surface area contributed by atoms with Crippen molar-refractivity contribution >= 4 is 44.8 Å². The summed E-state index contributed by atoms with van der Waals surface area (Å²) in [5.74, 6) is 0.579. The van der Waals surface area contributed by atoms with E-state index in [1.165, 1.54) is 6.21 Å². The van der Waals surface area contributed by atoms with E-state index >= 15 is 0 Å². The summed E-state index contributed by atoms with van der Waals surface area (Å²) in [5, 5.41) is 5.98. The van der Waals surface area contributed by atoms with Gasteiger partial charge in [-0.2, -0.15) is 5.10 Å². The molecule has 0 bridgehead atoms. The van der Waals surface area contributed by atoms with Crippen molar-refractivity contribution in [1.82, 2.24) is 5.43 Å². The van der Waals surface area contributed by atoms with Crippen molar-refractivity contribution in [2.45, 2.75) is 13.0 Å². The molecule has 0 saturated heterocycles. The van der Waals surface area contributed by atoms with Gasteiger partial charge in [-0.3, -0.25) is 4.79 Å². The van der Waals surface area contributed by atoms with Gasteiger partial charge in [0.25, 0.3) is 5.91 Å². The Bertz CT molecular complexity index is 1410. The van der Waals surface area contributed by atoms with Crippen LogP contribution in [0.4, 0.5) is 0 Å². The predicted molar refractivity (Wildman–Crippen MR) is 142 cm³/mol. The number of carbonyl (C=O) groups is 2. The van der Waals surface area contributed by atoms with Crippen LogP contribution < -0.4 is 19.6 Å². The van der Waals surface area contributed by atoms with Gasteiger partial charge in [0, 0.05) is 15.4 Å². The van der Waals surface area contributed by atoms with Crippen molar-refractivity contribution in [3.63, 3.8) is 0 Å². The molecule has 0 spiro atoms. The van der Waals surface area contributed by atoms with Gasteiger partial charge in [-0.1, -0.05) is 52.3 Å². The van der Waals surface area contributed by atoms with Crippen molar-refractivity contribution in [3.05, 3.63) is 101 Å². The van der Waals surface area contributed by atoms with Crippen molar-refractivity contribution in [2.75, 3.05) is 7.11 Å². The third-order valence-electron chi connectivity index (χ3n) is 5.30. The van der Waals surface area contributed by atoms with Crippen LogP contribution in [0.15, 0.2) is 94.5 Å². The van der Waals surface area contributed by atoms with Crippen LogP contribution in [-0.4, -0.2) is 31.3 Å². The summed E-state index contributed by atoms with van der Waals surface area (Å²) in [6, 6.07) is 25.2. The SMILES string of the molecule is COc1ccc(C(=O)Oc2ccc(Br)cc2/C=N\NC(=O)[C@H](C)Oc2cccc3ccccc23)cc1. The Balaban J connectivity index is 1.42. The number of hydrogen-bond acceptors (Lipinski definition) is 6. The number of nitrogens with zero attached hydrogens (tertiary/aromatic N) is 1. The summed E-state index contributed by atoms with van der Waals surface area (Å²) in [6.45, 7) is 1.65. The minimum Gasteiger partial charge on any atom is -0.497 e. The zero-order chi connectivity index (χ0) is 25.5. The van der Waals surface area contributed by atoms with Crippen molar-refractivity contribution in [1.29, 1.82) is 0 Å². The molecule has 0 aliphatic heterocycles. The maximum absolute atomic E-state index is 12.6. The van der Waals surface area contributed by atoms with E-state index in [0.29, 0.717) is 22.6 Å². The van der Waals surface area contributed by atoms with Gasteiger partial charge in [0.05, 0.1) is 18.9 Å². The van der Waals surface area contributed by atoms with Crippen LogP contribution in [0.1, 0.15) is 22.8 Å². The largest absolute Gasteiger partial charge is 0.497 e. The standard InChI is InChI=1S/C28H23BrN2O5/c1-18(35-26-9-5-7-19-6-3-4-8-24(19)26)27(32)31-30-17-21-16-22(29)12-15-25(21)36-28(33)20-10-13-23(34-2)14-11-20/h3-18H,1-2H3,(H,31,32)/b30-17-/t18-/m0/s1. The highest BCUT2D eigenvalue weighted by Crippen LogP contribution is 2.26. The fourth-order valence-electron chi connectivity index (χ4n) is 3.40. The van der Waals surface area contributed by atoms with E-state index in [-0.39, 0.29) is 5.75 Å². The lowest BCUT2D eigenvalue weighted by Crippen LogP contribution is -2.33. The minimum atomic E-state index is -0.789. The van der Waals surface area contributed by atoms with Gasteiger partial charge in [-0.25, -0.2) is 10.2 Å². The van der Waals surface area contributed by atoms with Crippen LogP contribution in [0, 0.1) is 0 Å². The molecule has 0 aliphatic rings. The molecule has 0 fully saturated rings. The van der Waals surface area contributed by atoms with Gasteiger partial charge in [0.2, 0.25) is 0 Å². The van der Waals surface area contributed by atoms with E-state index in [2.05, 4.69) is 26.5 Å². The number of benzene rings is 4. The lowest BCUT2D eigenvalue weighted by atomic mass is 10.1. The molecular formula is C28H23BrN2O5. The maximum Gasteiger partial charge on any atom is 0.343 e. The van der Waals surface area contributed by atoms with Crippen LogP contribution in [0.5, 0.6) is 17.2 Å². The van der Waals surface area contributed by atoms with E-state index in [1.54, 1.807) is 56.5 Å². The topological polar surface area (TPSA) is 86.2 Å². The molecule has 1 atom stereocenters. The number of methoxy groups -OCH3 is 1. The molecule has 0 heterocycles. The first-order valence-electron chi connectivity index (χ1n) is 11.1. The number of hydrogen-bond donors (Lipinski definition) is 1. The summed E-state index contributed by atoms with van der Waals surface area (Å²) in [7, 11) is 1.55. The average Bonchev–Trinajstić information content (AvgIpc) is 2.90. The Hall–Kier alpha value is -4.17. The summed E-state index contributed by atoms with van der Waals surface area (Å²) in [5.41, 5.74) is 3.34. The van der Waals surface area contributed by atoms with Gasteiger partial charge in [0.15, 0.2) is 6.10 Å². The van der Waals surface area contributed by atoms with Crippen LogP contribution in [0.2, 0.25) is 0 Å². The van der Waals surface area contributed by atoms with Crippen molar-refractivity contribution in [2.24, 2.45) is 5.10 Å². The first-order chi connectivity index (χ1) is 17.4. The van der Waals surface area contributed by atoms with Gasteiger partial charge in [-0.05, 0) is 60.8 Å². The zero-order valence-corrected chi connectivity index (χ0v) is 21.2. The third-order valence-corrected chi connectivity index (χ3v) is 5.79.